The van der Waals surface area contributed by atoms with E-state index in [1.807, 2.05) is 33.0 Å². The van der Waals surface area contributed by atoms with Gasteiger partial charge in [-0.2, -0.15) is 0 Å². The van der Waals surface area contributed by atoms with Crippen LogP contribution in [0.1, 0.15) is 65.4 Å². The standard InChI is InChI=1S/C28H35N3O4/c1-24(2)11-13-34-21-18(35-24)9-8-17-20(21)29-22(32)28(17)15-27-16-31-12-7-6-10-26(31,23(33)30(27)5)14-19(27)25(28,3)4/h8-9,11,13,19H,6-7,10,12,14-16H2,1-5H3,(H,29,32)/t19-,26-,27+,28-/m0/s1/i12+1,13+1,14+1,23+1,24+1,25+1. The summed E-state index contributed by atoms with van der Waals surface area (Å²) in [7, 11) is 1.99. The quantitative estimate of drug-likeness (QED) is 0.568. The number of anilines is 1. The lowest BCUT2D eigenvalue weighted by molar-refractivity contribution is -0.196. The van der Waals surface area contributed by atoms with Crippen LogP contribution in [-0.4, -0.2) is 58.4 Å². The molecular weight excluding hydrogens is 448 g/mol. The second-order valence-corrected chi connectivity index (χ2v) is 12.8. The van der Waals surface area contributed by atoms with E-state index >= 15 is 0 Å². The topological polar surface area (TPSA) is 71.1 Å². The highest BCUT2D eigenvalue weighted by atomic mass is 16.6. The minimum atomic E-state index is -0.744. The van der Waals surface area contributed by atoms with Crippen molar-refractivity contribution in [1.82, 2.24) is 9.80 Å². The molecule has 1 aromatic carbocycles. The van der Waals surface area contributed by atoms with Gasteiger partial charge in [0.1, 0.15) is 11.1 Å². The van der Waals surface area contributed by atoms with Crippen LogP contribution in [-0.2, 0) is 15.0 Å². The molecule has 1 aromatic rings. The Bertz CT molecular complexity index is 1220. The van der Waals surface area contributed by atoms with Gasteiger partial charge >= 0.3 is 0 Å². The Labute approximate surface area is 206 Å². The molecule has 6 aliphatic heterocycles. The van der Waals surface area contributed by atoms with E-state index in [1.165, 1.54) is 0 Å². The number of likely N-dealkylation sites (N-methyl/N-ethyl adjacent to an activating group) is 1. The minimum Gasteiger partial charge on any atom is -0.480 e. The molecule has 0 radical (unpaired) electrons. The van der Waals surface area contributed by atoms with Crippen molar-refractivity contribution in [2.75, 3.05) is 25.5 Å². The third-order valence-corrected chi connectivity index (χ3v) is 10.7. The highest BCUT2D eigenvalue weighted by Gasteiger charge is 2.79. The van der Waals surface area contributed by atoms with E-state index in [0.29, 0.717) is 17.9 Å². The Morgan fingerprint density at radius 2 is 1.91 bits per heavy atom. The lowest BCUT2D eigenvalue weighted by atomic mass is 9.75. The third kappa shape index (κ3) is 2.28. The summed E-state index contributed by atoms with van der Waals surface area (Å²) in [4.78, 5) is 32.5. The van der Waals surface area contributed by atoms with Gasteiger partial charge in [-0.3, -0.25) is 14.5 Å². The lowest BCUT2D eigenvalue weighted by Crippen LogP contribution is -2.80. The zero-order valence-electron chi connectivity index (χ0n) is 21.4. The van der Waals surface area contributed by atoms with Gasteiger partial charge in [0, 0.05) is 13.6 Å². The normalized spacial score (nSPS) is 39.8. The molecule has 35 heavy (non-hydrogen) atoms. The van der Waals surface area contributed by atoms with Crippen LogP contribution in [0.2, 0.25) is 0 Å². The SMILES string of the molecule is CN1[13C](=O)[C@@]23CCC[13CH2]N2C[C@@]12C[C@]1(C(=O)Nc4c1ccc1c4O[13CH]=C[13C](C)(C)O1)[13C](C)(C)[C@@H]2[13CH2]3. The van der Waals surface area contributed by atoms with Crippen LogP contribution in [0.4, 0.5) is 5.69 Å². The first-order valence-corrected chi connectivity index (χ1v) is 13.0. The monoisotopic (exact) mass is 483 g/mol. The van der Waals surface area contributed by atoms with Crippen LogP contribution in [0, 0.1) is 11.3 Å². The molecule has 1 aliphatic carbocycles. The summed E-state index contributed by atoms with van der Waals surface area (Å²) >= 11 is 0. The summed E-state index contributed by atoms with van der Waals surface area (Å²) in [5, 5.41) is 3.23. The molecule has 6 heterocycles. The van der Waals surface area contributed by atoms with E-state index in [9.17, 15) is 9.59 Å². The fourth-order valence-corrected chi connectivity index (χ4v) is 8.90. The number of carbonyl (C=O) groups is 2. The van der Waals surface area contributed by atoms with Gasteiger partial charge in [0.15, 0.2) is 11.5 Å². The van der Waals surface area contributed by atoms with Crippen molar-refractivity contribution in [3.63, 3.8) is 0 Å². The van der Waals surface area contributed by atoms with E-state index in [1.54, 1.807) is 6.26 Å². The van der Waals surface area contributed by atoms with Crippen molar-refractivity contribution < 1.29 is 19.1 Å². The van der Waals surface area contributed by atoms with Crippen LogP contribution in [0.15, 0.2) is 24.5 Å². The average Bonchev–Trinajstić information content (AvgIpc) is 3.12. The Hall–Kier alpha value is -2.54. The molecule has 7 heteroatoms. The van der Waals surface area contributed by atoms with Crippen molar-refractivity contribution in [3.8, 4) is 11.5 Å². The van der Waals surface area contributed by atoms with Gasteiger partial charge in [0.05, 0.1) is 22.9 Å². The Kier molecular flexibility index (Phi) is 3.86. The molecule has 5 fully saturated rings. The number of fused-ring (bicyclic) bond motifs is 5. The number of nitrogens with one attached hydrogen (secondary N) is 1. The number of carbonyl (C=O) groups excluding carboxylic acids is 2. The van der Waals surface area contributed by atoms with Gasteiger partial charge in [-0.1, -0.05) is 19.9 Å². The highest BCUT2D eigenvalue weighted by molar-refractivity contribution is 6.09. The summed E-state index contributed by atoms with van der Waals surface area (Å²) in [5.41, 5.74) is -0.657. The van der Waals surface area contributed by atoms with Gasteiger partial charge in [0.2, 0.25) is 11.8 Å². The summed E-state index contributed by atoms with van der Waals surface area (Å²) in [6, 6.07) is 4.02. The molecule has 0 unspecified atom stereocenters. The van der Waals surface area contributed by atoms with Crippen molar-refractivity contribution in [2.45, 2.75) is 81.9 Å². The summed E-state index contributed by atoms with van der Waals surface area (Å²) in [5.74, 6) is 1.72. The zero-order chi connectivity index (χ0) is 24.6. The van der Waals surface area contributed by atoms with E-state index in [0.717, 1.165) is 50.0 Å². The number of benzene rings is 1. The molecule has 8 rings (SSSR count). The number of nitrogens with zero attached hydrogens (tertiary/aromatic N) is 2. The second-order valence-electron chi connectivity index (χ2n) is 12.8. The Morgan fingerprint density at radius 3 is 2.71 bits per heavy atom. The van der Waals surface area contributed by atoms with Crippen LogP contribution >= 0.6 is 0 Å². The van der Waals surface area contributed by atoms with Crippen molar-refractivity contribution in [1.29, 1.82) is 0 Å². The molecule has 2 amide bonds. The third-order valence-electron chi connectivity index (χ3n) is 10.7. The Morgan fingerprint density at radius 1 is 1.11 bits per heavy atom. The molecule has 186 valence electrons. The summed E-state index contributed by atoms with van der Waals surface area (Å²) in [6.45, 7) is 10.3. The van der Waals surface area contributed by atoms with Crippen molar-refractivity contribution in [2.24, 2.45) is 11.3 Å². The van der Waals surface area contributed by atoms with Gasteiger partial charge < -0.3 is 19.7 Å². The number of ether oxygens (including phenoxy) is 2. The van der Waals surface area contributed by atoms with Crippen LogP contribution in [0.3, 0.4) is 0 Å². The maximum Gasteiger partial charge on any atom is 0.243 e. The largest absolute Gasteiger partial charge is 0.480 e. The molecule has 4 atom stereocenters. The molecule has 3 spiro atoms. The number of hydrogen-bond donors (Lipinski definition) is 1. The first-order valence-electron chi connectivity index (χ1n) is 13.0. The van der Waals surface area contributed by atoms with Gasteiger partial charge in [-0.05, 0) is 81.5 Å². The van der Waals surface area contributed by atoms with Crippen molar-refractivity contribution >= 4 is 17.5 Å². The smallest absolute Gasteiger partial charge is 0.243 e. The fourth-order valence-electron chi connectivity index (χ4n) is 8.90. The molecular formula is C28H35N3O4. The lowest BCUT2D eigenvalue weighted by Gasteiger charge is -2.67. The number of amides is 2. The number of piperidine rings is 3. The molecule has 0 aromatic heterocycles. The van der Waals surface area contributed by atoms with Gasteiger partial charge in [0.25, 0.3) is 0 Å². The predicted molar refractivity (Wildman–Crippen MR) is 131 cm³/mol. The Balaban J connectivity index is 1.41. The molecule has 7 aliphatic rings. The average molecular weight is 484 g/mol. The first-order chi connectivity index (χ1) is 16.5. The number of piperazine rings is 1. The zero-order valence-corrected chi connectivity index (χ0v) is 21.4. The van der Waals surface area contributed by atoms with E-state index in [4.69, 9.17) is 9.47 Å². The second kappa shape index (κ2) is 6.23. The van der Waals surface area contributed by atoms with Crippen LogP contribution < -0.4 is 14.8 Å². The molecule has 1 N–H and O–H groups in total. The highest BCUT2D eigenvalue weighted by Crippen LogP contribution is 2.72. The molecule has 7 nitrogen and oxygen atoms in total. The first kappa shape index (κ1) is 21.7. The maximum absolute atomic E-state index is 14.1. The van der Waals surface area contributed by atoms with E-state index in [-0.39, 0.29) is 28.7 Å². The van der Waals surface area contributed by atoms with E-state index < -0.39 is 16.6 Å². The maximum atomic E-state index is 14.1. The van der Waals surface area contributed by atoms with Crippen molar-refractivity contribution in [3.05, 3.63) is 30.0 Å². The summed E-state index contributed by atoms with van der Waals surface area (Å²) in [6.07, 6.45) is 8.18. The van der Waals surface area contributed by atoms with Gasteiger partial charge in [-0.15, -0.1) is 0 Å². The number of hydrogen-bond acceptors (Lipinski definition) is 5. The number of rotatable bonds is 0. The molecule has 4 saturated heterocycles. The van der Waals surface area contributed by atoms with Gasteiger partial charge in [-0.25, -0.2) is 0 Å². The van der Waals surface area contributed by atoms with Crippen LogP contribution in [0.5, 0.6) is 11.5 Å². The van der Waals surface area contributed by atoms with E-state index in [2.05, 4.69) is 35.0 Å². The molecule has 2 bridgehead atoms. The minimum absolute atomic E-state index is 0.0190. The summed E-state index contributed by atoms with van der Waals surface area (Å²) < 4.78 is 12.3. The predicted octanol–water partition coefficient (Wildman–Crippen LogP) is 3.83. The van der Waals surface area contributed by atoms with Crippen LogP contribution in [0.25, 0.3) is 0 Å². The molecule has 1 saturated carbocycles. The fraction of sp³-hybridized carbons (Fsp3) is 0.643.